The highest BCUT2D eigenvalue weighted by Gasteiger charge is 2.09. The predicted molar refractivity (Wildman–Crippen MR) is 64.6 cm³/mol. The molecule has 0 aromatic carbocycles. The molecule has 2 rings (SSSR count). The number of hydrogen-bond donors (Lipinski definition) is 1. The van der Waals surface area contributed by atoms with Gasteiger partial charge in [0.25, 0.3) is 0 Å². The fourth-order valence-corrected chi connectivity index (χ4v) is 2.30. The molecule has 2 aromatic rings. The summed E-state index contributed by atoms with van der Waals surface area (Å²) in [5.74, 6) is 0.468. The molecule has 0 aliphatic heterocycles. The fourth-order valence-electron chi connectivity index (χ4n) is 0.975. The third-order valence-corrected chi connectivity index (χ3v) is 3.25. The van der Waals surface area contributed by atoms with Crippen molar-refractivity contribution in [1.29, 1.82) is 0 Å². The monoisotopic (exact) mass is 270 g/mol. The summed E-state index contributed by atoms with van der Waals surface area (Å²) in [6, 6.07) is 0.305. The van der Waals surface area contributed by atoms with E-state index < -0.39 is 0 Å². The second-order valence-electron chi connectivity index (χ2n) is 2.71. The highest BCUT2D eigenvalue weighted by molar-refractivity contribution is 8.00. The average Bonchev–Trinajstić information content (AvgIpc) is 2.82. The molecule has 7 nitrogen and oxygen atoms in total. The zero-order chi connectivity index (χ0) is 12.1. The first-order valence-electron chi connectivity index (χ1n) is 4.82. The SMILES string of the molecule is CCOc1nc(NC)nc(Sc2nncs2)n1. The van der Waals surface area contributed by atoms with Gasteiger partial charge in [-0.05, 0) is 18.7 Å². The summed E-state index contributed by atoms with van der Waals surface area (Å²) in [5.41, 5.74) is 1.66. The molecular weight excluding hydrogens is 260 g/mol. The molecular formula is C8H10N6OS2. The summed E-state index contributed by atoms with van der Waals surface area (Å²) in [6.45, 7) is 2.39. The van der Waals surface area contributed by atoms with Crippen molar-refractivity contribution in [2.45, 2.75) is 16.4 Å². The lowest BCUT2D eigenvalue weighted by atomic mass is 10.8. The summed E-state index contributed by atoms with van der Waals surface area (Å²) in [7, 11) is 1.74. The quantitative estimate of drug-likeness (QED) is 0.870. The Kier molecular flexibility index (Phi) is 4.04. The van der Waals surface area contributed by atoms with Gasteiger partial charge in [0.1, 0.15) is 5.51 Å². The highest BCUT2D eigenvalue weighted by Crippen LogP contribution is 2.26. The first-order chi connectivity index (χ1) is 8.31. The molecule has 2 heterocycles. The Balaban J connectivity index is 2.23. The smallest absolute Gasteiger partial charge is 0.322 e. The van der Waals surface area contributed by atoms with Crippen molar-refractivity contribution in [1.82, 2.24) is 25.1 Å². The Hall–Kier alpha value is -1.48. The molecule has 0 saturated carbocycles. The number of nitrogens with zero attached hydrogens (tertiary/aromatic N) is 5. The standard InChI is InChI=1S/C8H10N6OS2/c1-3-15-6-11-5(9-2)12-7(13-6)17-8-14-10-4-16-8/h4H,3H2,1-2H3,(H,9,11,12,13). The van der Waals surface area contributed by atoms with Crippen LogP contribution in [0.1, 0.15) is 6.92 Å². The molecule has 2 aromatic heterocycles. The van der Waals surface area contributed by atoms with Crippen LogP contribution < -0.4 is 10.1 Å². The summed E-state index contributed by atoms with van der Waals surface area (Å²) in [5, 5.41) is 11.1. The lowest BCUT2D eigenvalue weighted by molar-refractivity contribution is 0.308. The Morgan fingerprint density at radius 2 is 2.29 bits per heavy atom. The normalized spacial score (nSPS) is 10.2. The van der Waals surface area contributed by atoms with E-state index in [0.717, 1.165) is 4.34 Å². The minimum atomic E-state index is 0.305. The molecule has 0 saturated heterocycles. The number of hydrogen-bond acceptors (Lipinski definition) is 9. The van der Waals surface area contributed by atoms with Crippen LogP contribution in [0.25, 0.3) is 0 Å². The van der Waals surface area contributed by atoms with Crippen LogP contribution in [0.5, 0.6) is 6.01 Å². The van der Waals surface area contributed by atoms with Crippen LogP contribution in [0.15, 0.2) is 15.0 Å². The van der Waals surface area contributed by atoms with E-state index in [4.69, 9.17) is 4.74 Å². The number of nitrogens with one attached hydrogen (secondary N) is 1. The summed E-state index contributed by atoms with van der Waals surface area (Å²) >= 11 is 2.76. The van der Waals surface area contributed by atoms with Gasteiger partial charge in [0.05, 0.1) is 6.61 Å². The molecule has 0 spiro atoms. The van der Waals surface area contributed by atoms with Gasteiger partial charge in [-0.2, -0.15) is 15.0 Å². The largest absolute Gasteiger partial charge is 0.464 e. The zero-order valence-electron chi connectivity index (χ0n) is 9.25. The molecule has 0 radical (unpaired) electrons. The molecule has 0 amide bonds. The van der Waals surface area contributed by atoms with Gasteiger partial charge in [-0.15, -0.1) is 10.2 Å². The van der Waals surface area contributed by atoms with Crippen molar-refractivity contribution in [3.8, 4) is 6.01 Å². The van der Waals surface area contributed by atoms with E-state index in [-0.39, 0.29) is 0 Å². The van der Waals surface area contributed by atoms with Gasteiger partial charge in [-0.3, -0.25) is 0 Å². The molecule has 0 aliphatic rings. The summed E-state index contributed by atoms with van der Waals surface area (Å²) in [4.78, 5) is 12.4. The van der Waals surface area contributed by atoms with Crippen LogP contribution in [0.2, 0.25) is 0 Å². The van der Waals surface area contributed by atoms with E-state index in [1.54, 1.807) is 12.6 Å². The van der Waals surface area contributed by atoms with Crippen molar-refractivity contribution >= 4 is 29.0 Å². The second kappa shape index (κ2) is 5.73. The van der Waals surface area contributed by atoms with Crippen molar-refractivity contribution in [3.63, 3.8) is 0 Å². The van der Waals surface area contributed by atoms with Gasteiger partial charge < -0.3 is 10.1 Å². The van der Waals surface area contributed by atoms with Gasteiger partial charge in [0, 0.05) is 7.05 Å². The predicted octanol–water partition coefficient (Wildman–Crippen LogP) is 1.31. The summed E-state index contributed by atoms with van der Waals surface area (Å²) in [6.07, 6.45) is 0. The molecule has 1 N–H and O–H groups in total. The van der Waals surface area contributed by atoms with E-state index in [1.165, 1.54) is 23.1 Å². The third-order valence-electron chi connectivity index (χ3n) is 1.61. The average molecular weight is 270 g/mol. The van der Waals surface area contributed by atoms with E-state index in [0.29, 0.717) is 23.7 Å². The van der Waals surface area contributed by atoms with Crippen LogP contribution in [0.3, 0.4) is 0 Å². The van der Waals surface area contributed by atoms with Crippen LogP contribution in [0.4, 0.5) is 5.95 Å². The Bertz CT molecular complexity index is 477. The van der Waals surface area contributed by atoms with Gasteiger partial charge in [-0.25, -0.2) is 0 Å². The van der Waals surface area contributed by atoms with Crippen LogP contribution in [-0.2, 0) is 0 Å². The molecule has 0 unspecified atom stereocenters. The lowest BCUT2D eigenvalue weighted by Crippen LogP contribution is -2.04. The van der Waals surface area contributed by atoms with E-state index in [9.17, 15) is 0 Å². The number of rotatable bonds is 5. The van der Waals surface area contributed by atoms with Crippen LogP contribution >= 0.6 is 23.1 Å². The van der Waals surface area contributed by atoms with Gasteiger partial charge in [-0.1, -0.05) is 11.3 Å². The molecule has 9 heteroatoms. The fraction of sp³-hybridized carbons (Fsp3) is 0.375. The van der Waals surface area contributed by atoms with Crippen molar-refractivity contribution in [2.24, 2.45) is 0 Å². The van der Waals surface area contributed by atoms with Gasteiger partial charge in [0.2, 0.25) is 11.1 Å². The van der Waals surface area contributed by atoms with E-state index >= 15 is 0 Å². The van der Waals surface area contributed by atoms with Gasteiger partial charge in [0.15, 0.2) is 4.34 Å². The molecule has 90 valence electrons. The minimum absolute atomic E-state index is 0.305. The first kappa shape index (κ1) is 12.0. The van der Waals surface area contributed by atoms with Crippen LogP contribution in [-0.4, -0.2) is 38.8 Å². The maximum Gasteiger partial charge on any atom is 0.322 e. The number of aromatic nitrogens is 5. The van der Waals surface area contributed by atoms with Crippen molar-refractivity contribution in [2.75, 3.05) is 19.0 Å². The molecule has 0 atom stereocenters. The second-order valence-corrected chi connectivity index (χ2v) is 4.76. The number of ether oxygens (including phenoxy) is 1. The molecule has 17 heavy (non-hydrogen) atoms. The molecule has 0 bridgehead atoms. The number of anilines is 1. The summed E-state index contributed by atoms with van der Waals surface area (Å²) < 4.78 is 6.04. The van der Waals surface area contributed by atoms with E-state index in [1.807, 2.05) is 6.92 Å². The van der Waals surface area contributed by atoms with E-state index in [2.05, 4.69) is 30.5 Å². The molecule has 0 fully saturated rings. The first-order valence-corrected chi connectivity index (χ1v) is 6.52. The topological polar surface area (TPSA) is 85.7 Å². The Labute approximate surface area is 106 Å². The van der Waals surface area contributed by atoms with Crippen LogP contribution in [0, 0.1) is 0 Å². The Morgan fingerprint density at radius 3 is 2.94 bits per heavy atom. The Morgan fingerprint density at radius 1 is 1.41 bits per heavy atom. The maximum atomic E-state index is 5.26. The molecule has 0 aliphatic carbocycles. The maximum absolute atomic E-state index is 5.26. The minimum Gasteiger partial charge on any atom is -0.464 e. The highest BCUT2D eigenvalue weighted by atomic mass is 32.2. The van der Waals surface area contributed by atoms with Gasteiger partial charge >= 0.3 is 6.01 Å². The van der Waals surface area contributed by atoms with Crippen molar-refractivity contribution in [3.05, 3.63) is 5.51 Å². The zero-order valence-corrected chi connectivity index (χ0v) is 10.9. The lowest BCUT2D eigenvalue weighted by Gasteiger charge is -2.04. The van der Waals surface area contributed by atoms with Crippen molar-refractivity contribution < 1.29 is 4.74 Å². The third kappa shape index (κ3) is 3.24.